The lowest BCUT2D eigenvalue weighted by molar-refractivity contribution is 0.0709. The minimum Gasteiger partial charge on any atom is -0.380 e. The van der Waals surface area contributed by atoms with Crippen LogP contribution >= 0.6 is 0 Å². The van der Waals surface area contributed by atoms with Crippen molar-refractivity contribution in [3.63, 3.8) is 0 Å². The lowest BCUT2D eigenvalue weighted by Crippen LogP contribution is -2.50. The zero-order chi connectivity index (χ0) is 13.9. The molecule has 0 saturated carbocycles. The first kappa shape index (κ1) is 17.8. The molecule has 0 aliphatic carbocycles. The van der Waals surface area contributed by atoms with E-state index < -0.39 is 0 Å². The fourth-order valence-corrected chi connectivity index (χ4v) is 1.86. The highest BCUT2D eigenvalue weighted by Gasteiger charge is 2.23. The molecule has 0 heterocycles. The molecule has 4 heteroatoms. The number of hydrogen-bond acceptors (Lipinski definition) is 4. The zero-order valence-corrected chi connectivity index (χ0v) is 12.7. The van der Waals surface area contributed by atoms with Gasteiger partial charge in [0.1, 0.15) is 0 Å². The van der Waals surface area contributed by atoms with Crippen molar-refractivity contribution in [3.05, 3.63) is 0 Å². The van der Waals surface area contributed by atoms with Gasteiger partial charge in [0.2, 0.25) is 0 Å². The maximum Gasteiger partial charge on any atom is 0.0593 e. The third kappa shape index (κ3) is 8.03. The Morgan fingerprint density at radius 3 is 1.67 bits per heavy atom. The molecule has 0 aliphatic heterocycles. The molecule has 0 spiro atoms. The van der Waals surface area contributed by atoms with E-state index in [9.17, 15) is 0 Å². The normalized spacial score (nSPS) is 12.3. The quantitative estimate of drug-likeness (QED) is 0.544. The first-order valence-corrected chi connectivity index (χ1v) is 7.28. The van der Waals surface area contributed by atoms with Gasteiger partial charge in [-0.25, -0.2) is 0 Å². The van der Waals surface area contributed by atoms with Crippen LogP contribution in [0, 0.1) is 0 Å². The van der Waals surface area contributed by atoms with Crippen LogP contribution in [0.2, 0.25) is 0 Å². The Morgan fingerprint density at radius 2 is 1.33 bits per heavy atom. The molecule has 2 N–H and O–H groups in total. The number of rotatable bonds is 12. The molecular formula is C14H32N2O2. The van der Waals surface area contributed by atoms with Crippen molar-refractivity contribution in [2.24, 2.45) is 5.73 Å². The van der Waals surface area contributed by atoms with Crippen LogP contribution in [0.4, 0.5) is 0 Å². The smallest absolute Gasteiger partial charge is 0.0593 e. The van der Waals surface area contributed by atoms with E-state index in [-0.39, 0.29) is 5.54 Å². The topological polar surface area (TPSA) is 47.7 Å². The molecule has 0 amide bonds. The lowest BCUT2D eigenvalue weighted by Gasteiger charge is -2.34. The second-order valence-electron chi connectivity index (χ2n) is 4.74. The third-order valence-corrected chi connectivity index (χ3v) is 3.46. The summed E-state index contributed by atoms with van der Waals surface area (Å²) in [6, 6.07) is 0. The van der Waals surface area contributed by atoms with E-state index in [1.54, 1.807) is 0 Å². The summed E-state index contributed by atoms with van der Waals surface area (Å²) in [5, 5.41) is 0. The third-order valence-electron chi connectivity index (χ3n) is 3.46. The van der Waals surface area contributed by atoms with Crippen LogP contribution in [-0.4, -0.2) is 56.5 Å². The van der Waals surface area contributed by atoms with Gasteiger partial charge in [0, 0.05) is 38.4 Å². The monoisotopic (exact) mass is 260 g/mol. The highest BCUT2D eigenvalue weighted by atomic mass is 16.5. The molecule has 0 atom stereocenters. The Kier molecular flexibility index (Phi) is 10.6. The number of nitrogens with zero attached hydrogens (tertiary/aromatic N) is 1. The van der Waals surface area contributed by atoms with Crippen molar-refractivity contribution in [1.82, 2.24) is 4.90 Å². The molecule has 0 saturated heterocycles. The number of nitrogens with two attached hydrogens (primary N) is 1. The van der Waals surface area contributed by atoms with Crippen LogP contribution in [-0.2, 0) is 9.47 Å². The largest absolute Gasteiger partial charge is 0.380 e. The number of hydrogen-bond donors (Lipinski definition) is 1. The standard InChI is InChI=1S/C14H32N2O2/c1-5-14(15,6-2)13-16(9-11-17-7-3)10-12-18-8-4/h5-13,15H2,1-4H3. The minimum absolute atomic E-state index is 0.0849. The molecule has 0 bridgehead atoms. The summed E-state index contributed by atoms with van der Waals surface area (Å²) in [4.78, 5) is 2.36. The molecule has 0 aliphatic rings. The highest BCUT2D eigenvalue weighted by molar-refractivity contribution is 4.84. The van der Waals surface area contributed by atoms with E-state index in [1.807, 2.05) is 13.8 Å². The fourth-order valence-electron chi connectivity index (χ4n) is 1.86. The van der Waals surface area contributed by atoms with Crippen molar-refractivity contribution in [2.45, 2.75) is 46.1 Å². The SMILES string of the molecule is CCOCCN(CCOCC)CC(N)(CC)CC. The molecule has 4 nitrogen and oxygen atoms in total. The second kappa shape index (κ2) is 10.7. The van der Waals surface area contributed by atoms with Crippen molar-refractivity contribution in [2.75, 3.05) is 46.1 Å². The van der Waals surface area contributed by atoms with Crippen molar-refractivity contribution in [1.29, 1.82) is 0 Å². The van der Waals surface area contributed by atoms with Gasteiger partial charge in [-0.2, -0.15) is 0 Å². The zero-order valence-electron chi connectivity index (χ0n) is 12.7. The summed E-state index contributed by atoms with van der Waals surface area (Å²) in [6.45, 7) is 14.2. The van der Waals surface area contributed by atoms with Crippen molar-refractivity contribution >= 4 is 0 Å². The van der Waals surface area contributed by atoms with Gasteiger partial charge in [-0.3, -0.25) is 4.90 Å². The maximum absolute atomic E-state index is 6.38. The second-order valence-corrected chi connectivity index (χ2v) is 4.74. The molecular weight excluding hydrogens is 228 g/mol. The fraction of sp³-hybridized carbons (Fsp3) is 1.00. The van der Waals surface area contributed by atoms with Gasteiger partial charge in [-0.15, -0.1) is 0 Å². The van der Waals surface area contributed by atoms with Gasteiger partial charge in [-0.1, -0.05) is 13.8 Å². The van der Waals surface area contributed by atoms with Gasteiger partial charge in [-0.05, 0) is 26.7 Å². The molecule has 0 aromatic rings. The van der Waals surface area contributed by atoms with E-state index >= 15 is 0 Å². The van der Waals surface area contributed by atoms with Gasteiger partial charge in [0.05, 0.1) is 13.2 Å². The van der Waals surface area contributed by atoms with E-state index in [0.29, 0.717) is 0 Å². The number of ether oxygens (including phenoxy) is 2. The van der Waals surface area contributed by atoms with Crippen LogP contribution < -0.4 is 5.73 Å². The van der Waals surface area contributed by atoms with Crippen LogP contribution in [0.5, 0.6) is 0 Å². The average molecular weight is 260 g/mol. The molecule has 110 valence electrons. The van der Waals surface area contributed by atoms with Gasteiger partial charge >= 0.3 is 0 Å². The molecule has 0 radical (unpaired) electrons. The summed E-state index contributed by atoms with van der Waals surface area (Å²) >= 11 is 0. The first-order valence-electron chi connectivity index (χ1n) is 7.28. The molecule has 0 rings (SSSR count). The van der Waals surface area contributed by atoms with Crippen LogP contribution in [0.15, 0.2) is 0 Å². The van der Waals surface area contributed by atoms with E-state index in [4.69, 9.17) is 15.2 Å². The predicted molar refractivity (Wildman–Crippen MR) is 76.9 cm³/mol. The van der Waals surface area contributed by atoms with Crippen LogP contribution in [0.3, 0.4) is 0 Å². The highest BCUT2D eigenvalue weighted by Crippen LogP contribution is 2.13. The molecule has 18 heavy (non-hydrogen) atoms. The summed E-state index contributed by atoms with van der Waals surface area (Å²) < 4.78 is 10.9. The molecule has 0 unspecified atom stereocenters. The molecule has 0 fully saturated rings. The minimum atomic E-state index is -0.0849. The Labute approximate surface area is 113 Å². The van der Waals surface area contributed by atoms with Gasteiger partial charge in [0.25, 0.3) is 0 Å². The van der Waals surface area contributed by atoms with Crippen LogP contribution in [0.1, 0.15) is 40.5 Å². The van der Waals surface area contributed by atoms with Crippen molar-refractivity contribution in [3.8, 4) is 0 Å². The molecule has 0 aromatic carbocycles. The average Bonchev–Trinajstić information content (AvgIpc) is 2.39. The molecule has 0 aromatic heterocycles. The van der Waals surface area contributed by atoms with Crippen LogP contribution in [0.25, 0.3) is 0 Å². The van der Waals surface area contributed by atoms with Crippen molar-refractivity contribution < 1.29 is 9.47 Å². The summed E-state index contributed by atoms with van der Waals surface area (Å²) in [5.74, 6) is 0. The maximum atomic E-state index is 6.38. The van der Waals surface area contributed by atoms with E-state index in [0.717, 1.165) is 58.9 Å². The summed E-state index contributed by atoms with van der Waals surface area (Å²) in [5.41, 5.74) is 6.30. The summed E-state index contributed by atoms with van der Waals surface area (Å²) in [6.07, 6.45) is 2.01. The van der Waals surface area contributed by atoms with E-state index in [2.05, 4.69) is 18.7 Å². The summed E-state index contributed by atoms with van der Waals surface area (Å²) in [7, 11) is 0. The Hall–Kier alpha value is -0.160. The van der Waals surface area contributed by atoms with Gasteiger partial charge < -0.3 is 15.2 Å². The Morgan fingerprint density at radius 1 is 0.889 bits per heavy atom. The lowest BCUT2D eigenvalue weighted by atomic mass is 9.93. The Balaban J connectivity index is 4.16. The predicted octanol–water partition coefficient (Wildman–Crippen LogP) is 1.88. The van der Waals surface area contributed by atoms with Gasteiger partial charge in [0.15, 0.2) is 0 Å². The Bertz CT molecular complexity index is 175. The first-order chi connectivity index (χ1) is 8.61. The van der Waals surface area contributed by atoms with E-state index in [1.165, 1.54) is 0 Å².